The molecule has 2 aromatic rings. The summed E-state index contributed by atoms with van der Waals surface area (Å²) in [7, 11) is 1.68. The van der Waals surface area contributed by atoms with Crippen LogP contribution in [0.4, 0.5) is 14.6 Å². The molecule has 0 spiro atoms. The SMILES string of the molecule is CCOCc1nc(NC)cc(-c2c(F)ccc(C)c2F)n1. The van der Waals surface area contributed by atoms with Crippen LogP contribution in [0.25, 0.3) is 11.3 Å². The first-order valence-corrected chi connectivity index (χ1v) is 6.65. The van der Waals surface area contributed by atoms with Gasteiger partial charge in [0, 0.05) is 19.7 Å². The van der Waals surface area contributed by atoms with E-state index in [2.05, 4.69) is 15.3 Å². The van der Waals surface area contributed by atoms with E-state index in [-0.39, 0.29) is 17.9 Å². The van der Waals surface area contributed by atoms with Gasteiger partial charge >= 0.3 is 0 Å². The fraction of sp³-hybridized carbons (Fsp3) is 0.333. The van der Waals surface area contributed by atoms with Crippen LogP contribution in [0.1, 0.15) is 18.3 Å². The highest BCUT2D eigenvalue weighted by Crippen LogP contribution is 2.28. The minimum Gasteiger partial charge on any atom is -0.374 e. The van der Waals surface area contributed by atoms with E-state index in [1.807, 2.05) is 6.92 Å². The first-order chi connectivity index (χ1) is 10.1. The molecule has 0 aliphatic carbocycles. The van der Waals surface area contributed by atoms with E-state index >= 15 is 0 Å². The second-order valence-corrected chi connectivity index (χ2v) is 4.50. The molecule has 2 rings (SSSR count). The number of hydrogen-bond acceptors (Lipinski definition) is 4. The van der Waals surface area contributed by atoms with Crippen LogP contribution in [0.15, 0.2) is 18.2 Å². The molecule has 4 nitrogen and oxygen atoms in total. The Labute approximate surface area is 122 Å². The van der Waals surface area contributed by atoms with Gasteiger partial charge in [-0.3, -0.25) is 0 Å². The number of anilines is 1. The topological polar surface area (TPSA) is 47.0 Å². The van der Waals surface area contributed by atoms with E-state index in [0.717, 1.165) is 0 Å². The third-order valence-corrected chi connectivity index (χ3v) is 3.00. The van der Waals surface area contributed by atoms with Gasteiger partial charge in [-0.25, -0.2) is 18.7 Å². The smallest absolute Gasteiger partial charge is 0.157 e. The number of hydrogen-bond donors (Lipinski definition) is 1. The fourth-order valence-electron chi connectivity index (χ4n) is 1.90. The average Bonchev–Trinajstić information content (AvgIpc) is 2.49. The van der Waals surface area contributed by atoms with Crippen LogP contribution in [0.3, 0.4) is 0 Å². The van der Waals surface area contributed by atoms with Crippen LogP contribution in [-0.4, -0.2) is 23.6 Å². The second-order valence-electron chi connectivity index (χ2n) is 4.50. The summed E-state index contributed by atoms with van der Waals surface area (Å²) in [5, 5.41) is 2.86. The van der Waals surface area contributed by atoms with Crippen LogP contribution in [-0.2, 0) is 11.3 Å². The summed E-state index contributed by atoms with van der Waals surface area (Å²) in [6.07, 6.45) is 0. The summed E-state index contributed by atoms with van der Waals surface area (Å²) in [5.74, 6) is -0.409. The van der Waals surface area contributed by atoms with Crippen LogP contribution in [0.5, 0.6) is 0 Å². The van der Waals surface area contributed by atoms with E-state index in [4.69, 9.17) is 4.74 Å². The van der Waals surface area contributed by atoms with Crippen molar-refractivity contribution in [2.75, 3.05) is 19.0 Å². The van der Waals surface area contributed by atoms with Crippen molar-refractivity contribution >= 4 is 5.82 Å². The van der Waals surface area contributed by atoms with Gasteiger partial charge in [-0.1, -0.05) is 6.07 Å². The van der Waals surface area contributed by atoms with Gasteiger partial charge in [0.25, 0.3) is 0 Å². The summed E-state index contributed by atoms with van der Waals surface area (Å²) >= 11 is 0. The zero-order valence-corrected chi connectivity index (χ0v) is 12.2. The standard InChI is InChI=1S/C15H17F2N3O/c1-4-21-8-13-19-11(7-12(18-3)20-13)14-10(16)6-5-9(2)15(14)17/h5-7H,4,8H2,1-3H3,(H,18,19,20). The Hall–Kier alpha value is -2.08. The van der Waals surface area contributed by atoms with Crippen LogP contribution >= 0.6 is 0 Å². The molecule has 6 heteroatoms. The lowest BCUT2D eigenvalue weighted by Gasteiger charge is -2.10. The molecular formula is C15H17F2N3O. The van der Waals surface area contributed by atoms with Crippen molar-refractivity contribution in [3.05, 3.63) is 41.2 Å². The molecule has 0 radical (unpaired) electrons. The summed E-state index contributed by atoms with van der Waals surface area (Å²) in [6, 6.07) is 4.14. The van der Waals surface area contributed by atoms with Gasteiger partial charge in [0.2, 0.25) is 0 Å². The third kappa shape index (κ3) is 3.33. The molecule has 0 aliphatic rings. The van der Waals surface area contributed by atoms with Crippen LogP contribution < -0.4 is 5.32 Å². The van der Waals surface area contributed by atoms with Crippen molar-refractivity contribution in [1.82, 2.24) is 9.97 Å². The lowest BCUT2D eigenvalue weighted by molar-refractivity contribution is 0.128. The number of ether oxygens (including phenoxy) is 1. The Morgan fingerprint density at radius 1 is 1.24 bits per heavy atom. The van der Waals surface area contributed by atoms with Gasteiger partial charge in [-0.2, -0.15) is 0 Å². The van der Waals surface area contributed by atoms with Crippen molar-refractivity contribution in [2.24, 2.45) is 0 Å². The van der Waals surface area contributed by atoms with E-state index in [1.165, 1.54) is 18.2 Å². The molecule has 1 aromatic carbocycles. The molecule has 112 valence electrons. The summed E-state index contributed by atoms with van der Waals surface area (Å²) < 4.78 is 33.5. The van der Waals surface area contributed by atoms with Crippen molar-refractivity contribution in [3.8, 4) is 11.3 Å². The predicted molar refractivity (Wildman–Crippen MR) is 77.0 cm³/mol. The quantitative estimate of drug-likeness (QED) is 0.918. The normalized spacial score (nSPS) is 10.7. The lowest BCUT2D eigenvalue weighted by Crippen LogP contribution is -2.05. The molecule has 1 heterocycles. The van der Waals surface area contributed by atoms with Crippen molar-refractivity contribution in [2.45, 2.75) is 20.5 Å². The summed E-state index contributed by atoms with van der Waals surface area (Å²) in [4.78, 5) is 8.40. The Kier molecular flexibility index (Phi) is 4.80. The van der Waals surface area contributed by atoms with Gasteiger partial charge in [0.05, 0.1) is 11.3 Å². The van der Waals surface area contributed by atoms with Crippen LogP contribution in [0, 0.1) is 18.6 Å². The molecule has 0 unspecified atom stereocenters. The number of aromatic nitrogens is 2. The van der Waals surface area contributed by atoms with Crippen LogP contribution in [0.2, 0.25) is 0 Å². The fourth-order valence-corrected chi connectivity index (χ4v) is 1.90. The highest BCUT2D eigenvalue weighted by molar-refractivity contribution is 5.64. The Bertz CT molecular complexity index is 647. The maximum atomic E-state index is 14.2. The van der Waals surface area contributed by atoms with Gasteiger partial charge in [-0.15, -0.1) is 0 Å². The minimum atomic E-state index is -0.652. The number of rotatable bonds is 5. The van der Waals surface area contributed by atoms with E-state index in [0.29, 0.717) is 23.8 Å². The third-order valence-electron chi connectivity index (χ3n) is 3.00. The zero-order chi connectivity index (χ0) is 15.4. The number of nitrogens with zero attached hydrogens (tertiary/aromatic N) is 2. The van der Waals surface area contributed by atoms with Crippen molar-refractivity contribution in [1.29, 1.82) is 0 Å². The number of aryl methyl sites for hydroxylation is 1. The van der Waals surface area contributed by atoms with E-state index in [9.17, 15) is 8.78 Å². The van der Waals surface area contributed by atoms with E-state index in [1.54, 1.807) is 14.0 Å². The van der Waals surface area contributed by atoms with Gasteiger partial charge in [-0.05, 0) is 25.5 Å². The molecule has 1 N–H and O–H groups in total. The molecule has 0 amide bonds. The van der Waals surface area contributed by atoms with Crippen molar-refractivity contribution in [3.63, 3.8) is 0 Å². The Balaban J connectivity index is 2.55. The summed E-state index contributed by atoms with van der Waals surface area (Å²) in [6.45, 7) is 4.13. The molecule has 0 atom stereocenters. The maximum absolute atomic E-state index is 14.2. The van der Waals surface area contributed by atoms with E-state index < -0.39 is 11.6 Å². The first kappa shape index (κ1) is 15.3. The number of benzene rings is 1. The Morgan fingerprint density at radius 3 is 2.67 bits per heavy atom. The van der Waals surface area contributed by atoms with Gasteiger partial charge < -0.3 is 10.1 Å². The molecule has 0 saturated carbocycles. The summed E-state index contributed by atoms with van der Waals surface area (Å²) in [5.41, 5.74) is 0.414. The number of nitrogens with one attached hydrogen (secondary N) is 1. The minimum absolute atomic E-state index is 0.147. The molecule has 21 heavy (non-hydrogen) atoms. The maximum Gasteiger partial charge on any atom is 0.157 e. The molecule has 0 fully saturated rings. The van der Waals surface area contributed by atoms with Crippen molar-refractivity contribution < 1.29 is 13.5 Å². The first-order valence-electron chi connectivity index (χ1n) is 6.65. The number of halogens is 2. The van der Waals surface area contributed by atoms with Gasteiger partial charge in [0.1, 0.15) is 24.1 Å². The Morgan fingerprint density at radius 2 is 2.00 bits per heavy atom. The molecule has 0 aliphatic heterocycles. The largest absolute Gasteiger partial charge is 0.374 e. The second kappa shape index (κ2) is 6.58. The highest BCUT2D eigenvalue weighted by atomic mass is 19.1. The molecule has 0 bridgehead atoms. The zero-order valence-electron chi connectivity index (χ0n) is 12.2. The lowest BCUT2D eigenvalue weighted by atomic mass is 10.1. The molecule has 1 aromatic heterocycles. The monoisotopic (exact) mass is 293 g/mol. The molecular weight excluding hydrogens is 276 g/mol. The average molecular weight is 293 g/mol. The molecule has 0 saturated heterocycles. The van der Waals surface area contributed by atoms with Gasteiger partial charge in [0.15, 0.2) is 5.82 Å². The highest BCUT2D eigenvalue weighted by Gasteiger charge is 2.16. The predicted octanol–water partition coefficient (Wildman–Crippen LogP) is 3.31.